The van der Waals surface area contributed by atoms with Gasteiger partial charge in [0.1, 0.15) is 23.7 Å². The molecule has 27 heavy (non-hydrogen) atoms. The van der Waals surface area contributed by atoms with E-state index < -0.39 is 17.8 Å². The summed E-state index contributed by atoms with van der Waals surface area (Å²) in [5, 5.41) is 9.16. The van der Waals surface area contributed by atoms with Crippen molar-refractivity contribution in [3.8, 4) is 11.5 Å². The summed E-state index contributed by atoms with van der Waals surface area (Å²) >= 11 is 0. The van der Waals surface area contributed by atoms with E-state index in [0.717, 1.165) is 18.3 Å². The average molecular weight is 379 g/mol. The van der Waals surface area contributed by atoms with Crippen LogP contribution in [0.5, 0.6) is 11.5 Å². The zero-order valence-electron chi connectivity index (χ0n) is 13.5. The molecule has 0 aliphatic carbocycles. The minimum Gasteiger partial charge on any atom is -0.489 e. The van der Waals surface area contributed by atoms with E-state index in [2.05, 4.69) is 9.72 Å². The molecular formula is C18H12F3NO5. The van der Waals surface area contributed by atoms with Gasteiger partial charge in [-0.1, -0.05) is 12.1 Å². The van der Waals surface area contributed by atoms with Crippen molar-refractivity contribution in [1.82, 2.24) is 4.98 Å². The summed E-state index contributed by atoms with van der Waals surface area (Å²) in [7, 11) is 0. The number of aromatic amines is 1. The van der Waals surface area contributed by atoms with Crippen LogP contribution in [-0.2, 0) is 6.61 Å². The first-order valence-corrected chi connectivity index (χ1v) is 7.59. The number of carboxylic acids is 1. The number of H-pyrrole nitrogens is 1. The van der Waals surface area contributed by atoms with Gasteiger partial charge in [0.15, 0.2) is 0 Å². The SMILES string of the molecule is O=C(O)c1c[nH]c2ccc(OCc3ccc(OC(F)(F)F)cc3)cc2c1=O. The zero-order valence-corrected chi connectivity index (χ0v) is 13.5. The fraction of sp³-hybridized carbons (Fsp3) is 0.111. The van der Waals surface area contributed by atoms with Gasteiger partial charge in [-0.3, -0.25) is 4.79 Å². The molecule has 0 spiro atoms. The van der Waals surface area contributed by atoms with Gasteiger partial charge in [0.25, 0.3) is 0 Å². The van der Waals surface area contributed by atoms with E-state index in [1.165, 1.54) is 18.2 Å². The molecule has 0 fully saturated rings. The topological polar surface area (TPSA) is 88.6 Å². The molecule has 140 valence electrons. The predicted octanol–water partition coefficient (Wildman–Crippen LogP) is 3.70. The van der Waals surface area contributed by atoms with E-state index in [4.69, 9.17) is 9.84 Å². The summed E-state index contributed by atoms with van der Waals surface area (Å²) in [5.74, 6) is -1.37. The molecule has 6 nitrogen and oxygen atoms in total. The van der Waals surface area contributed by atoms with Gasteiger partial charge in [-0.2, -0.15) is 0 Å². The summed E-state index contributed by atoms with van der Waals surface area (Å²) in [6.07, 6.45) is -3.64. The Labute approximate surface area is 149 Å². The maximum atomic E-state index is 12.2. The molecule has 1 heterocycles. The molecule has 0 unspecified atom stereocenters. The number of ether oxygens (including phenoxy) is 2. The normalized spacial score (nSPS) is 11.4. The van der Waals surface area contributed by atoms with Gasteiger partial charge in [-0.25, -0.2) is 4.79 Å². The summed E-state index contributed by atoms with van der Waals surface area (Å²) in [4.78, 5) is 26.0. The third kappa shape index (κ3) is 4.38. The highest BCUT2D eigenvalue weighted by Gasteiger charge is 2.30. The molecule has 0 aliphatic heterocycles. The van der Waals surface area contributed by atoms with Gasteiger partial charge >= 0.3 is 12.3 Å². The monoisotopic (exact) mass is 379 g/mol. The molecule has 9 heteroatoms. The number of alkyl halides is 3. The first-order valence-electron chi connectivity index (χ1n) is 7.59. The number of benzene rings is 2. The molecule has 0 aliphatic rings. The Balaban J connectivity index is 1.76. The number of nitrogens with one attached hydrogen (secondary N) is 1. The highest BCUT2D eigenvalue weighted by atomic mass is 19.4. The minimum atomic E-state index is -4.76. The number of carbonyl (C=O) groups is 1. The number of hydrogen-bond acceptors (Lipinski definition) is 4. The van der Waals surface area contributed by atoms with Crippen molar-refractivity contribution in [1.29, 1.82) is 0 Å². The Kier molecular flexibility index (Phi) is 4.76. The lowest BCUT2D eigenvalue weighted by molar-refractivity contribution is -0.274. The molecular weight excluding hydrogens is 367 g/mol. The van der Waals surface area contributed by atoms with Gasteiger partial charge in [0.2, 0.25) is 5.43 Å². The van der Waals surface area contributed by atoms with Crippen molar-refractivity contribution < 1.29 is 32.5 Å². The van der Waals surface area contributed by atoms with Gasteiger partial charge in [0, 0.05) is 11.7 Å². The Bertz CT molecular complexity index is 1040. The number of carboxylic acid groups (broad SMARTS) is 1. The number of halogens is 3. The Hall–Kier alpha value is -3.49. The second-order valence-corrected chi connectivity index (χ2v) is 5.52. The van der Waals surface area contributed by atoms with Crippen LogP contribution >= 0.6 is 0 Å². The fourth-order valence-electron chi connectivity index (χ4n) is 2.40. The smallest absolute Gasteiger partial charge is 0.489 e. The van der Waals surface area contributed by atoms with Gasteiger partial charge < -0.3 is 19.6 Å². The van der Waals surface area contributed by atoms with Gasteiger partial charge in [-0.05, 0) is 35.9 Å². The van der Waals surface area contributed by atoms with Crippen LogP contribution in [0.25, 0.3) is 10.9 Å². The first-order chi connectivity index (χ1) is 12.7. The number of fused-ring (bicyclic) bond motifs is 1. The maximum Gasteiger partial charge on any atom is 0.573 e. The van der Waals surface area contributed by atoms with Crippen LogP contribution in [0.4, 0.5) is 13.2 Å². The van der Waals surface area contributed by atoms with Crippen LogP contribution < -0.4 is 14.9 Å². The molecule has 3 rings (SSSR count). The molecule has 0 saturated carbocycles. The molecule has 0 amide bonds. The van der Waals surface area contributed by atoms with E-state index in [1.54, 1.807) is 12.1 Å². The van der Waals surface area contributed by atoms with Crippen molar-refractivity contribution in [3.63, 3.8) is 0 Å². The van der Waals surface area contributed by atoms with Crippen LogP contribution in [0.1, 0.15) is 15.9 Å². The summed E-state index contributed by atoms with van der Waals surface area (Å²) in [6.45, 7) is 0.0360. The van der Waals surface area contributed by atoms with E-state index in [-0.39, 0.29) is 23.3 Å². The molecule has 2 aromatic carbocycles. The lowest BCUT2D eigenvalue weighted by atomic mass is 10.1. The molecule has 0 saturated heterocycles. The predicted molar refractivity (Wildman–Crippen MR) is 89.0 cm³/mol. The number of aromatic nitrogens is 1. The van der Waals surface area contributed by atoms with Crippen LogP contribution in [0.15, 0.2) is 53.5 Å². The van der Waals surface area contributed by atoms with Gasteiger partial charge in [0.05, 0.1) is 5.39 Å². The molecule has 0 atom stereocenters. The summed E-state index contributed by atoms with van der Waals surface area (Å²) < 4.78 is 45.7. The quantitative estimate of drug-likeness (QED) is 0.706. The Morgan fingerprint density at radius 3 is 2.37 bits per heavy atom. The third-order valence-corrected chi connectivity index (χ3v) is 3.65. The summed E-state index contributed by atoms with van der Waals surface area (Å²) in [5.41, 5.74) is -0.000856. The number of rotatable bonds is 5. The molecule has 0 radical (unpaired) electrons. The van der Waals surface area contributed by atoms with Gasteiger partial charge in [-0.15, -0.1) is 13.2 Å². The lowest BCUT2D eigenvalue weighted by Crippen LogP contribution is -2.17. The second-order valence-electron chi connectivity index (χ2n) is 5.52. The number of pyridine rings is 1. The van der Waals surface area contributed by atoms with E-state index >= 15 is 0 Å². The standard InChI is InChI=1S/C18H12F3NO5/c19-18(20,21)27-11-3-1-10(2-4-11)9-26-12-5-6-15-13(7-12)16(23)14(8-22-15)17(24)25/h1-8H,9H2,(H,22,23)(H,24,25). The molecule has 2 N–H and O–H groups in total. The lowest BCUT2D eigenvalue weighted by Gasteiger charge is -2.10. The highest BCUT2D eigenvalue weighted by Crippen LogP contribution is 2.23. The van der Waals surface area contributed by atoms with E-state index in [1.807, 2.05) is 0 Å². The van der Waals surface area contributed by atoms with Crippen LogP contribution in [0, 0.1) is 0 Å². The maximum absolute atomic E-state index is 12.2. The van der Waals surface area contributed by atoms with Crippen molar-refractivity contribution in [3.05, 3.63) is 70.0 Å². The fourth-order valence-corrected chi connectivity index (χ4v) is 2.40. The largest absolute Gasteiger partial charge is 0.573 e. The first kappa shape index (κ1) is 18.3. The Morgan fingerprint density at radius 1 is 1.07 bits per heavy atom. The molecule has 0 bridgehead atoms. The minimum absolute atomic E-state index is 0.0360. The molecule has 1 aromatic heterocycles. The van der Waals surface area contributed by atoms with Crippen LogP contribution in [-0.4, -0.2) is 22.4 Å². The van der Waals surface area contributed by atoms with E-state index in [9.17, 15) is 22.8 Å². The van der Waals surface area contributed by atoms with Crippen LogP contribution in [0.3, 0.4) is 0 Å². The zero-order chi connectivity index (χ0) is 19.6. The average Bonchev–Trinajstić information content (AvgIpc) is 2.60. The third-order valence-electron chi connectivity index (χ3n) is 3.65. The van der Waals surface area contributed by atoms with Crippen LogP contribution in [0.2, 0.25) is 0 Å². The van der Waals surface area contributed by atoms with Crippen molar-refractivity contribution in [2.45, 2.75) is 13.0 Å². The molecule has 3 aromatic rings. The van der Waals surface area contributed by atoms with Crippen molar-refractivity contribution >= 4 is 16.9 Å². The summed E-state index contributed by atoms with van der Waals surface area (Å²) in [6, 6.07) is 9.71. The van der Waals surface area contributed by atoms with Crippen molar-refractivity contribution in [2.24, 2.45) is 0 Å². The number of hydrogen-bond donors (Lipinski definition) is 2. The number of aromatic carboxylic acids is 1. The van der Waals surface area contributed by atoms with Crippen molar-refractivity contribution in [2.75, 3.05) is 0 Å². The second kappa shape index (κ2) is 7.02. The highest BCUT2D eigenvalue weighted by molar-refractivity contribution is 5.92. The van der Waals surface area contributed by atoms with E-state index in [0.29, 0.717) is 16.8 Å². The Morgan fingerprint density at radius 2 is 1.74 bits per heavy atom.